The number of nitrogens with one attached hydrogen (secondary N) is 1. The third-order valence-electron chi connectivity index (χ3n) is 3.76. The van der Waals surface area contributed by atoms with E-state index in [4.69, 9.17) is 16.3 Å². The van der Waals surface area contributed by atoms with E-state index in [0.29, 0.717) is 12.4 Å². The molecule has 0 aliphatic heterocycles. The highest BCUT2D eigenvalue weighted by Gasteiger charge is 2.22. The van der Waals surface area contributed by atoms with Gasteiger partial charge in [0.05, 0.1) is 12.6 Å². The largest absolute Gasteiger partial charge is 0.491 e. The minimum absolute atomic E-state index is 0.203. The fourth-order valence-electron chi connectivity index (χ4n) is 2.80. The highest BCUT2D eigenvalue weighted by molar-refractivity contribution is 6.30. The van der Waals surface area contributed by atoms with E-state index in [0.717, 1.165) is 23.6 Å². The molecule has 0 bridgehead atoms. The Bertz CT molecular complexity index is 659. The predicted molar refractivity (Wildman–Crippen MR) is 83.7 cm³/mol. The summed E-state index contributed by atoms with van der Waals surface area (Å²) in [4.78, 5) is 0. The van der Waals surface area contributed by atoms with Crippen molar-refractivity contribution in [2.24, 2.45) is 0 Å². The summed E-state index contributed by atoms with van der Waals surface area (Å²) in [5.74, 6) is -0.0437. The molecule has 2 aromatic rings. The van der Waals surface area contributed by atoms with E-state index in [-0.39, 0.29) is 11.9 Å². The van der Waals surface area contributed by atoms with Crippen molar-refractivity contribution in [1.82, 2.24) is 0 Å². The zero-order valence-corrected chi connectivity index (χ0v) is 12.6. The van der Waals surface area contributed by atoms with Crippen LogP contribution in [0.2, 0.25) is 5.02 Å². The van der Waals surface area contributed by atoms with Crippen LogP contribution in [0.15, 0.2) is 36.4 Å². The zero-order valence-electron chi connectivity index (χ0n) is 11.8. The Morgan fingerprint density at radius 1 is 1.29 bits per heavy atom. The molecule has 3 rings (SSSR count). The lowest BCUT2D eigenvalue weighted by Crippen LogP contribution is -2.07. The number of hydrogen-bond acceptors (Lipinski definition) is 2. The summed E-state index contributed by atoms with van der Waals surface area (Å²) in [5.41, 5.74) is 3.28. The van der Waals surface area contributed by atoms with Gasteiger partial charge in [-0.15, -0.1) is 0 Å². The van der Waals surface area contributed by atoms with Crippen molar-refractivity contribution >= 4 is 17.3 Å². The van der Waals surface area contributed by atoms with Crippen LogP contribution in [0.25, 0.3) is 0 Å². The van der Waals surface area contributed by atoms with Gasteiger partial charge >= 0.3 is 0 Å². The lowest BCUT2D eigenvalue weighted by molar-refractivity contribution is 0.321. The Balaban J connectivity index is 1.78. The summed E-state index contributed by atoms with van der Waals surface area (Å²) in [6.07, 6.45) is 1.98. The Hall–Kier alpha value is -1.74. The molecule has 4 heteroatoms. The second kappa shape index (κ2) is 5.94. The minimum atomic E-state index is -0.337. The molecule has 1 aliphatic carbocycles. The molecule has 110 valence electrons. The van der Waals surface area contributed by atoms with E-state index in [2.05, 4.69) is 5.32 Å². The molecule has 2 aromatic carbocycles. The molecule has 0 saturated heterocycles. The average molecular weight is 306 g/mol. The summed E-state index contributed by atoms with van der Waals surface area (Å²) >= 11 is 6.02. The molecule has 0 amide bonds. The number of halogens is 2. The van der Waals surface area contributed by atoms with Crippen molar-refractivity contribution in [3.63, 3.8) is 0 Å². The maximum Gasteiger partial charge on any atom is 0.167 e. The molecule has 2 nitrogen and oxygen atoms in total. The molecule has 0 fully saturated rings. The van der Waals surface area contributed by atoms with Crippen LogP contribution >= 0.6 is 11.6 Å². The number of fused-ring (bicyclic) bond motifs is 1. The molecule has 21 heavy (non-hydrogen) atoms. The highest BCUT2D eigenvalue weighted by Crippen LogP contribution is 2.35. The molecule has 0 spiro atoms. The van der Waals surface area contributed by atoms with E-state index in [9.17, 15) is 4.39 Å². The number of anilines is 1. The van der Waals surface area contributed by atoms with E-state index in [1.807, 2.05) is 31.2 Å². The van der Waals surface area contributed by atoms with Crippen LogP contribution in [0.4, 0.5) is 10.1 Å². The Morgan fingerprint density at radius 3 is 2.90 bits per heavy atom. The zero-order chi connectivity index (χ0) is 14.8. The molecule has 1 aliphatic rings. The van der Waals surface area contributed by atoms with Gasteiger partial charge in [0.1, 0.15) is 0 Å². The molecular weight excluding hydrogens is 289 g/mol. The van der Waals surface area contributed by atoms with Gasteiger partial charge in [-0.05, 0) is 55.2 Å². The highest BCUT2D eigenvalue weighted by atomic mass is 35.5. The van der Waals surface area contributed by atoms with Gasteiger partial charge in [-0.25, -0.2) is 4.39 Å². The molecule has 1 atom stereocenters. The molecule has 0 saturated carbocycles. The summed E-state index contributed by atoms with van der Waals surface area (Å²) < 4.78 is 19.1. The summed E-state index contributed by atoms with van der Waals surface area (Å²) in [6.45, 7) is 2.30. The molecule has 1 N–H and O–H groups in total. The molecule has 1 unspecified atom stereocenters. The third kappa shape index (κ3) is 2.98. The third-order valence-corrected chi connectivity index (χ3v) is 3.99. The monoisotopic (exact) mass is 305 g/mol. The van der Waals surface area contributed by atoms with Crippen molar-refractivity contribution in [1.29, 1.82) is 0 Å². The molecule has 0 heterocycles. The second-order valence-corrected chi connectivity index (χ2v) is 5.59. The topological polar surface area (TPSA) is 21.3 Å². The standard InChI is InChI=1S/C17H17ClFNO/c1-2-21-17-8-5-13(10-15(17)19)20-16-7-3-11-9-12(18)4-6-14(11)16/h4-6,8-10,16,20H,2-3,7H2,1H3. The first-order chi connectivity index (χ1) is 10.2. The van der Waals surface area contributed by atoms with Gasteiger partial charge in [0.15, 0.2) is 11.6 Å². The van der Waals surface area contributed by atoms with Crippen LogP contribution in [0.1, 0.15) is 30.5 Å². The predicted octanol–water partition coefficient (Wildman–Crippen LogP) is 4.98. The lowest BCUT2D eigenvalue weighted by atomic mass is 10.1. The molecular formula is C17H17ClFNO. The van der Waals surface area contributed by atoms with Crippen LogP contribution in [0, 0.1) is 5.82 Å². The normalized spacial score (nSPS) is 16.6. The van der Waals surface area contributed by atoms with Crippen LogP contribution in [0.3, 0.4) is 0 Å². The fourth-order valence-corrected chi connectivity index (χ4v) is 3.00. The number of aryl methyl sites for hydroxylation is 1. The van der Waals surface area contributed by atoms with Gasteiger partial charge in [0, 0.05) is 16.8 Å². The Morgan fingerprint density at radius 2 is 2.14 bits per heavy atom. The van der Waals surface area contributed by atoms with Crippen LogP contribution < -0.4 is 10.1 Å². The first-order valence-electron chi connectivity index (χ1n) is 7.14. The van der Waals surface area contributed by atoms with Gasteiger partial charge < -0.3 is 10.1 Å². The van der Waals surface area contributed by atoms with Crippen LogP contribution in [-0.2, 0) is 6.42 Å². The van der Waals surface area contributed by atoms with Crippen LogP contribution in [-0.4, -0.2) is 6.61 Å². The number of rotatable bonds is 4. The maximum atomic E-state index is 13.9. The quantitative estimate of drug-likeness (QED) is 0.860. The average Bonchev–Trinajstić information content (AvgIpc) is 2.84. The van der Waals surface area contributed by atoms with E-state index in [1.54, 1.807) is 6.07 Å². The van der Waals surface area contributed by atoms with Crippen molar-refractivity contribution in [2.75, 3.05) is 11.9 Å². The van der Waals surface area contributed by atoms with Crippen LogP contribution in [0.5, 0.6) is 5.75 Å². The van der Waals surface area contributed by atoms with E-state index < -0.39 is 0 Å². The molecule has 0 radical (unpaired) electrons. The van der Waals surface area contributed by atoms with Gasteiger partial charge in [-0.2, -0.15) is 0 Å². The van der Waals surface area contributed by atoms with Gasteiger partial charge in [0.25, 0.3) is 0 Å². The SMILES string of the molecule is CCOc1ccc(NC2CCc3cc(Cl)ccc32)cc1F. The van der Waals surface area contributed by atoms with Crippen molar-refractivity contribution in [2.45, 2.75) is 25.8 Å². The first kappa shape index (κ1) is 14.2. The van der Waals surface area contributed by atoms with Crippen molar-refractivity contribution < 1.29 is 9.13 Å². The number of hydrogen-bond donors (Lipinski definition) is 1. The Kier molecular flexibility index (Phi) is 4.02. The van der Waals surface area contributed by atoms with Gasteiger partial charge in [-0.1, -0.05) is 17.7 Å². The van der Waals surface area contributed by atoms with E-state index in [1.165, 1.54) is 17.2 Å². The summed E-state index contributed by atoms with van der Waals surface area (Å²) in [7, 11) is 0. The van der Waals surface area contributed by atoms with Gasteiger partial charge in [-0.3, -0.25) is 0 Å². The fraction of sp³-hybridized carbons (Fsp3) is 0.294. The number of ether oxygens (including phenoxy) is 1. The molecule has 0 aromatic heterocycles. The second-order valence-electron chi connectivity index (χ2n) is 5.16. The summed E-state index contributed by atoms with van der Waals surface area (Å²) in [5, 5.41) is 4.15. The lowest BCUT2D eigenvalue weighted by Gasteiger charge is -2.16. The number of benzene rings is 2. The van der Waals surface area contributed by atoms with Gasteiger partial charge in [0.2, 0.25) is 0 Å². The first-order valence-corrected chi connectivity index (χ1v) is 7.52. The Labute approximate surface area is 128 Å². The maximum absolute atomic E-state index is 13.9. The minimum Gasteiger partial charge on any atom is -0.491 e. The van der Waals surface area contributed by atoms with E-state index >= 15 is 0 Å². The smallest absolute Gasteiger partial charge is 0.167 e. The summed E-state index contributed by atoms with van der Waals surface area (Å²) in [6, 6.07) is 11.2. The van der Waals surface area contributed by atoms with Crippen molar-refractivity contribution in [3.05, 3.63) is 58.4 Å². The van der Waals surface area contributed by atoms with Crippen molar-refractivity contribution in [3.8, 4) is 5.75 Å².